The van der Waals surface area contributed by atoms with E-state index >= 15 is 0 Å². The lowest BCUT2D eigenvalue weighted by Crippen LogP contribution is -2.30. The lowest BCUT2D eigenvalue weighted by Gasteiger charge is -2.14. The molecule has 0 spiro atoms. The van der Waals surface area contributed by atoms with Crippen molar-refractivity contribution in [3.8, 4) is 0 Å². The number of hydrogen-bond donors (Lipinski definition) is 2. The van der Waals surface area contributed by atoms with Crippen molar-refractivity contribution in [2.24, 2.45) is 0 Å². The van der Waals surface area contributed by atoms with Crippen molar-refractivity contribution in [2.45, 2.75) is 32.7 Å². The van der Waals surface area contributed by atoms with E-state index in [9.17, 15) is 4.79 Å². The van der Waals surface area contributed by atoms with Crippen molar-refractivity contribution in [2.75, 3.05) is 0 Å². The Hall–Kier alpha value is -1.62. The van der Waals surface area contributed by atoms with Crippen molar-refractivity contribution in [1.82, 2.24) is 15.3 Å². The van der Waals surface area contributed by atoms with Gasteiger partial charge in [0.05, 0.1) is 12.5 Å². The molecule has 5 heteroatoms. The molecule has 0 saturated carbocycles. The molecule has 18 heavy (non-hydrogen) atoms. The van der Waals surface area contributed by atoms with Crippen LogP contribution in [0, 0.1) is 6.92 Å². The van der Waals surface area contributed by atoms with Gasteiger partial charge < -0.3 is 10.3 Å². The summed E-state index contributed by atoms with van der Waals surface area (Å²) >= 11 is 1.60. The molecule has 0 aliphatic heterocycles. The maximum absolute atomic E-state index is 11.9. The summed E-state index contributed by atoms with van der Waals surface area (Å²) < 4.78 is 0. The number of hydrogen-bond acceptors (Lipinski definition) is 3. The molecule has 2 rings (SSSR count). The summed E-state index contributed by atoms with van der Waals surface area (Å²) in [5.41, 5.74) is 1.01. The maximum atomic E-state index is 11.9. The number of H-pyrrole nitrogens is 1. The van der Waals surface area contributed by atoms with Crippen molar-refractivity contribution < 1.29 is 4.79 Å². The number of aromatic amines is 1. The zero-order valence-electron chi connectivity index (χ0n) is 10.6. The van der Waals surface area contributed by atoms with E-state index in [1.807, 2.05) is 31.4 Å². The van der Waals surface area contributed by atoms with Crippen molar-refractivity contribution in [3.63, 3.8) is 0 Å². The van der Waals surface area contributed by atoms with E-state index in [4.69, 9.17) is 0 Å². The van der Waals surface area contributed by atoms with Crippen LogP contribution in [0.15, 0.2) is 23.7 Å². The number of carbonyl (C=O) groups is 1. The van der Waals surface area contributed by atoms with Gasteiger partial charge >= 0.3 is 0 Å². The van der Waals surface area contributed by atoms with Gasteiger partial charge in [0.1, 0.15) is 5.82 Å². The summed E-state index contributed by atoms with van der Waals surface area (Å²) in [5.74, 6) is 0.868. The first-order valence-corrected chi connectivity index (χ1v) is 6.90. The Balaban J connectivity index is 1.96. The molecule has 1 amide bonds. The highest BCUT2D eigenvalue weighted by Crippen LogP contribution is 2.14. The van der Waals surface area contributed by atoms with Gasteiger partial charge in [-0.3, -0.25) is 4.79 Å². The number of rotatable bonds is 5. The Morgan fingerprint density at radius 2 is 2.44 bits per heavy atom. The fourth-order valence-electron chi connectivity index (χ4n) is 1.79. The molecule has 96 valence electrons. The molecular formula is C13H17N3OS. The Morgan fingerprint density at radius 3 is 3.00 bits per heavy atom. The molecule has 4 nitrogen and oxygen atoms in total. The van der Waals surface area contributed by atoms with E-state index in [1.165, 1.54) is 0 Å². The zero-order valence-corrected chi connectivity index (χ0v) is 11.4. The van der Waals surface area contributed by atoms with E-state index in [2.05, 4.69) is 15.3 Å². The van der Waals surface area contributed by atoms with Crippen molar-refractivity contribution in [1.29, 1.82) is 0 Å². The van der Waals surface area contributed by atoms with Crippen LogP contribution in [-0.2, 0) is 11.2 Å². The van der Waals surface area contributed by atoms with Crippen LogP contribution >= 0.6 is 11.3 Å². The fourth-order valence-corrected chi connectivity index (χ4v) is 2.49. The molecule has 1 unspecified atom stereocenters. The highest BCUT2D eigenvalue weighted by Gasteiger charge is 2.15. The molecule has 2 N–H and O–H groups in total. The predicted molar refractivity (Wildman–Crippen MR) is 72.5 cm³/mol. The lowest BCUT2D eigenvalue weighted by atomic mass is 10.2. The second-order valence-electron chi connectivity index (χ2n) is 4.24. The first kappa shape index (κ1) is 12.8. The monoisotopic (exact) mass is 263 g/mol. The molecule has 0 bridgehead atoms. The molecule has 0 saturated heterocycles. The van der Waals surface area contributed by atoms with Gasteiger partial charge in [-0.05, 0) is 24.8 Å². The Labute approximate surface area is 110 Å². The fraction of sp³-hybridized carbons (Fsp3) is 0.385. The third kappa shape index (κ3) is 3.20. The summed E-state index contributed by atoms with van der Waals surface area (Å²) in [4.78, 5) is 20.4. The molecule has 2 aromatic heterocycles. The van der Waals surface area contributed by atoms with Gasteiger partial charge in [-0.1, -0.05) is 13.0 Å². The minimum absolute atomic E-state index is 0.0360. The number of nitrogens with zero attached hydrogens (tertiary/aromatic N) is 1. The van der Waals surface area contributed by atoms with Crippen LogP contribution in [0.5, 0.6) is 0 Å². The van der Waals surface area contributed by atoms with Crippen LogP contribution < -0.4 is 5.32 Å². The molecule has 0 aliphatic carbocycles. The molecule has 2 aromatic rings. The van der Waals surface area contributed by atoms with Gasteiger partial charge in [0.2, 0.25) is 5.91 Å². The van der Waals surface area contributed by atoms with Gasteiger partial charge in [0.25, 0.3) is 0 Å². The van der Waals surface area contributed by atoms with Crippen LogP contribution in [-0.4, -0.2) is 15.9 Å². The van der Waals surface area contributed by atoms with E-state index in [1.54, 1.807) is 17.5 Å². The standard InChI is InChI=1S/C13H17N3OS/c1-3-11(13-14-8-9(2)15-13)16-12(17)7-10-5-4-6-18-10/h4-6,8,11H,3,7H2,1-2H3,(H,14,15)(H,16,17). The number of amides is 1. The average Bonchev–Trinajstić information content (AvgIpc) is 2.97. The number of aromatic nitrogens is 2. The number of aryl methyl sites for hydroxylation is 1. The molecule has 0 fully saturated rings. The number of nitrogens with one attached hydrogen (secondary N) is 2. The first-order chi connectivity index (χ1) is 8.69. The highest BCUT2D eigenvalue weighted by atomic mass is 32.1. The smallest absolute Gasteiger partial charge is 0.225 e. The van der Waals surface area contributed by atoms with E-state index in [0.29, 0.717) is 6.42 Å². The minimum Gasteiger partial charge on any atom is -0.346 e. The topological polar surface area (TPSA) is 57.8 Å². The van der Waals surface area contributed by atoms with Gasteiger partial charge in [0.15, 0.2) is 0 Å². The molecule has 0 aromatic carbocycles. The lowest BCUT2D eigenvalue weighted by molar-refractivity contribution is -0.121. The zero-order chi connectivity index (χ0) is 13.0. The van der Waals surface area contributed by atoms with Crippen molar-refractivity contribution >= 4 is 17.2 Å². The van der Waals surface area contributed by atoms with Crippen LogP contribution in [0.2, 0.25) is 0 Å². The second kappa shape index (κ2) is 5.82. The molecule has 0 aliphatic rings. The second-order valence-corrected chi connectivity index (χ2v) is 5.27. The van der Waals surface area contributed by atoms with Gasteiger partial charge in [-0.25, -0.2) is 4.98 Å². The van der Waals surface area contributed by atoms with Crippen LogP contribution in [0.1, 0.15) is 35.8 Å². The summed E-state index contributed by atoms with van der Waals surface area (Å²) in [7, 11) is 0. The Morgan fingerprint density at radius 1 is 1.61 bits per heavy atom. The first-order valence-electron chi connectivity index (χ1n) is 6.02. The number of carbonyl (C=O) groups excluding carboxylic acids is 1. The third-order valence-corrected chi connectivity index (χ3v) is 3.59. The largest absolute Gasteiger partial charge is 0.346 e. The summed E-state index contributed by atoms with van der Waals surface area (Å²) in [6.45, 7) is 3.99. The summed E-state index contributed by atoms with van der Waals surface area (Å²) in [6, 6.07) is 3.90. The van der Waals surface area contributed by atoms with E-state index < -0.39 is 0 Å². The van der Waals surface area contributed by atoms with E-state index in [-0.39, 0.29) is 11.9 Å². The SMILES string of the molecule is CCC(NC(=O)Cc1cccs1)c1ncc(C)[nH]1. The van der Waals surface area contributed by atoms with Gasteiger partial charge in [-0.15, -0.1) is 11.3 Å². The minimum atomic E-state index is -0.0360. The molecular weight excluding hydrogens is 246 g/mol. The normalized spacial score (nSPS) is 12.3. The molecule has 2 heterocycles. The summed E-state index contributed by atoms with van der Waals surface area (Å²) in [6.07, 6.45) is 3.04. The Bertz CT molecular complexity index is 504. The Kier molecular flexibility index (Phi) is 4.15. The third-order valence-electron chi connectivity index (χ3n) is 2.71. The van der Waals surface area contributed by atoms with Gasteiger partial charge in [0, 0.05) is 16.8 Å². The van der Waals surface area contributed by atoms with Crippen LogP contribution in [0.3, 0.4) is 0 Å². The van der Waals surface area contributed by atoms with Crippen molar-refractivity contribution in [3.05, 3.63) is 40.1 Å². The number of thiophene rings is 1. The predicted octanol–water partition coefficient (Wildman–Crippen LogP) is 2.59. The van der Waals surface area contributed by atoms with Gasteiger partial charge in [-0.2, -0.15) is 0 Å². The quantitative estimate of drug-likeness (QED) is 0.871. The molecule has 1 atom stereocenters. The van der Waals surface area contributed by atoms with Crippen LogP contribution in [0.4, 0.5) is 0 Å². The number of imidazole rings is 1. The maximum Gasteiger partial charge on any atom is 0.225 e. The average molecular weight is 263 g/mol. The highest BCUT2D eigenvalue weighted by molar-refractivity contribution is 7.10. The summed E-state index contributed by atoms with van der Waals surface area (Å²) in [5, 5.41) is 4.99. The molecule has 0 radical (unpaired) electrons. The van der Waals surface area contributed by atoms with E-state index in [0.717, 1.165) is 22.8 Å². The van der Waals surface area contributed by atoms with Crippen LogP contribution in [0.25, 0.3) is 0 Å².